The van der Waals surface area contributed by atoms with Gasteiger partial charge < -0.3 is 9.64 Å². The van der Waals surface area contributed by atoms with Gasteiger partial charge in [-0.15, -0.1) is 0 Å². The van der Waals surface area contributed by atoms with E-state index in [1.807, 2.05) is 24.3 Å². The van der Waals surface area contributed by atoms with E-state index in [0.29, 0.717) is 6.54 Å². The molecule has 0 saturated heterocycles. The van der Waals surface area contributed by atoms with E-state index in [1.54, 1.807) is 4.90 Å². The summed E-state index contributed by atoms with van der Waals surface area (Å²) in [6.45, 7) is 2.00. The minimum atomic E-state index is -1.03. The van der Waals surface area contributed by atoms with Crippen LogP contribution in [0.2, 0.25) is 10.0 Å². The Morgan fingerprint density at radius 1 is 1.20 bits per heavy atom. The van der Waals surface area contributed by atoms with Gasteiger partial charge in [-0.1, -0.05) is 41.4 Å². The van der Waals surface area contributed by atoms with E-state index in [-0.39, 0.29) is 21.5 Å². The third-order valence-corrected chi connectivity index (χ3v) is 4.62. The summed E-state index contributed by atoms with van der Waals surface area (Å²) in [6.07, 6.45) is -0.287. The van der Waals surface area contributed by atoms with Crippen LogP contribution in [0.3, 0.4) is 0 Å². The molecule has 3 rings (SSSR count). The van der Waals surface area contributed by atoms with Crippen LogP contribution >= 0.6 is 23.2 Å². The second-order valence-electron chi connectivity index (χ2n) is 5.66. The lowest BCUT2D eigenvalue weighted by atomic mass is 10.2. The van der Waals surface area contributed by atoms with Crippen molar-refractivity contribution in [1.82, 2.24) is 0 Å². The third-order valence-electron chi connectivity index (χ3n) is 4.01. The Morgan fingerprint density at radius 3 is 2.68 bits per heavy atom. The van der Waals surface area contributed by atoms with Gasteiger partial charge in [-0.3, -0.25) is 4.79 Å². The number of fused-ring (bicyclic) bond motifs is 1. The zero-order valence-electron chi connectivity index (χ0n) is 13.3. The predicted molar refractivity (Wildman–Crippen MR) is 93.8 cm³/mol. The Morgan fingerprint density at radius 2 is 1.92 bits per heavy atom. The first kappa shape index (κ1) is 17.7. The predicted octanol–water partition coefficient (Wildman–Crippen LogP) is 4.27. The lowest BCUT2D eigenvalue weighted by Crippen LogP contribution is -2.39. The highest BCUT2D eigenvalue weighted by atomic mass is 35.5. The van der Waals surface area contributed by atoms with Crippen molar-refractivity contribution in [3.05, 3.63) is 63.4 Å². The molecule has 1 aliphatic rings. The van der Waals surface area contributed by atoms with Gasteiger partial charge in [0, 0.05) is 12.2 Å². The molecule has 0 saturated carbocycles. The number of halogens is 3. The Kier molecular flexibility index (Phi) is 4.97. The smallest absolute Gasteiger partial charge is 0.340 e. The first-order chi connectivity index (χ1) is 11.9. The zero-order valence-corrected chi connectivity index (χ0v) is 14.8. The number of ether oxygens (including phenoxy) is 1. The number of rotatable bonds is 3. The highest BCUT2D eigenvalue weighted by molar-refractivity contribution is 6.36. The van der Waals surface area contributed by atoms with Crippen molar-refractivity contribution in [3.8, 4) is 0 Å². The molecule has 1 heterocycles. The molecule has 2 aromatic carbocycles. The Balaban J connectivity index is 1.74. The number of benzene rings is 2. The number of para-hydroxylation sites is 1. The molecule has 2 aromatic rings. The molecule has 0 spiro atoms. The first-order valence-electron chi connectivity index (χ1n) is 7.63. The van der Waals surface area contributed by atoms with Crippen molar-refractivity contribution in [2.24, 2.45) is 0 Å². The van der Waals surface area contributed by atoms with Crippen molar-refractivity contribution >= 4 is 40.8 Å². The van der Waals surface area contributed by atoms with Crippen LogP contribution < -0.4 is 4.90 Å². The minimum absolute atomic E-state index is 0.0393. The molecular weight excluding hydrogens is 368 g/mol. The van der Waals surface area contributed by atoms with Gasteiger partial charge in [-0.05, 0) is 37.1 Å². The zero-order chi connectivity index (χ0) is 18.1. The van der Waals surface area contributed by atoms with Gasteiger partial charge in [-0.2, -0.15) is 0 Å². The first-order valence-corrected chi connectivity index (χ1v) is 8.39. The average molecular weight is 382 g/mol. The summed E-state index contributed by atoms with van der Waals surface area (Å²) >= 11 is 11.5. The van der Waals surface area contributed by atoms with Gasteiger partial charge in [0.25, 0.3) is 5.91 Å². The van der Waals surface area contributed by atoms with E-state index in [4.69, 9.17) is 27.9 Å². The topological polar surface area (TPSA) is 46.6 Å². The Hall–Kier alpha value is -2.11. The fraction of sp³-hybridized carbons (Fsp3) is 0.222. The number of carbonyl (C=O) groups excluding carboxylic acids is 2. The third kappa shape index (κ3) is 3.48. The van der Waals surface area contributed by atoms with Crippen molar-refractivity contribution < 1.29 is 18.7 Å². The van der Waals surface area contributed by atoms with Crippen LogP contribution in [0.4, 0.5) is 10.1 Å². The van der Waals surface area contributed by atoms with Crippen LogP contribution in [0.25, 0.3) is 0 Å². The van der Waals surface area contributed by atoms with E-state index in [9.17, 15) is 14.0 Å². The highest BCUT2D eigenvalue weighted by Gasteiger charge is 2.30. The van der Waals surface area contributed by atoms with Crippen LogP contribution in [0.15, 0.2) is 36.4 Å². The molecule has 1 amide bonds. The number of amides is 1. The van der Waals surface area contributed by atoms with Crippen LogP contribution in [-0.2, 0) is 16.0 Å². The molecule has 0 N–H and O–H groups in total. The molecule has 0 aromatic heterocycles. The molecule has 7 heteroatoms. The number of nitrogens with zero attached hydrogens (tertiary/aromatic N) is 1. The van der Waals surface area contributed by atoms with Crippen molar-refractivity contribution in [3.63, 3.8) is 0 Å². The standard InChI is InChI=1S/C18H14Cl2FNO3/c1-10(17(23)22-7-6-11-4-2-3-5-16(11)22)25-18(24)12-8-15(21)14(20)9-13(12)19/h2-5,8-10H,6-7H2,1H3/t10-/m1/s1. The lowest BCUT2D eigenvalue weighted by molar-refractivity contribution is -0.126. The second kappa shape index (κ2) is 7.02. The van der Waals surface area contributed by atoms with Crippen molar-refractivity contribution in [1.29, 1.82) is 0 Å². The molecular formula is C18H14Cl2FNO3. The van der Waals surface area contributed by atoms with Crippen LogP contribution in [0, 0.1) is 5.82 Å². The maximum Gasteiger partial charge on any atom is 0.340 e. The number of hydrogen-bond acceptors (Lipinski definition) is 3. The van der Waals surface area contributed by atoms with E-state index < -0.39 is 17.9 Å². The molecule has 0 aliphatic carbocycles. The molecule has 0 unspecified atom stereocenters. The normalized spacial score (nSPS) is 14.2. The van der Waals surface area contributed by atoms with E-state index in [0.717, 1.165) is 29.8 Å². The molecule has 1 aliphatic heterocycles. The lowest BCUT2D eigenvalue weighted by Gasteiger charge is -2.22. The molecule has 25 heavy (non-hydrogen) atoms. The fourth-order valence-corrected chi connectivity index (χ4v) is 3.20. The molecule has 1 atom stereocenters. The summed E-state index contributed by atoms with van der Waals surface area (Å²) < 4.78 is 18.7. The molecule has 0 bridgehead atoms. The van der Waals surface area contributed by atoms with E-state index in [2.05, 4.69) is 0 Å². The summed E-state index contributed by atoms with van der Waals surface area (Å²) in [6, 6.07) is 9.58. The van der Waals surface area contributed by atoms with Crippen molar-refractivity contribution in [2.75, 3.05) is 11.4 Å². The highest BCUT2D eigenvalue weighted by Crippen LogP contribution is 2.29. The van der Waals surface area contributed by atoms with Crippen LogP contribution in [-0.4, -0.2) is 24.5 Å². The van der Waals surface area contributed by atoms with Gasteiger partial charge >= 0.3 is 5.97 Å². The largest absolute Gasteiger partial charge is 0.449 e. The van der Waals surface area contributed by atoms with Gasteiger partial charge in [0.05, 0.1) is 15.6 Å². The van der Waals surface area contributed by atoms with E-state index in [1.165, 1.54) is 6.92 Å². The Labute approximate surface area is 154 Å². The fourth-order valence-electron chi connectivity index (χ4n) is 2.74. The number of hydrogen-bond donors (Lipinski definition) is 0. The van der Waals surface area contributed by atoms with E-state index >= 15 is 0 Å². The average Bonchev–Trinajstić information content (AvgIpc) is 3.01. The SMILES string of the molecule is C[C@@H](OC(=O)c1cc(F)c(Cl)cc1Cl)C(=O)N1CCc2ccccc21. The van der Waals surface area contributed by atoms with Crippen molar-refractivity contribution in [2.45, 2.75) is 19.4 Å². The molecule has 4 nitrogen and oxygen atoms in total. The summed E-state index contributed by atoms with van der Waals surface area (Å²) in [5.41, 5.74) is 1.70. The van der Waals surface area contributed by atoms with Crippen LogP contribution in [0.5, 0.6) is 0 Å². The van der Waals surface area contributed by atoms with Gasteiger partial charge in [0.1, 0.15) is 5.82 Å². The number of anilines is 1. The van der Waals surface area contributed by atoms with Gasteiger partial charge in [0.2, 0.25) is 0 Å². The monoisotopic (exact) mass is 381 g/mol. The molecule has 130 valence electrons. The Bertz CT molecular complexity index is 856. The number of carbonyl (C=O) groups is 2. The maximum absolute atomic E-state index is 13.6. The minimum Gasteiger partial charge on any atom is -0.449 e. The molecule has 0 fully saturated rings. The summed E-state index contributed by atoms with van der Waals surface area (Å²) in [5, 5.41) is -0.234. The maximum atomic E-state index is 13.6. The number of esters is 1. The van der Waals surface area contributed by atoms with Gasteiger partial charge in [-0.25, -0.2) is 9.18 Å². The second-order valence-corrected chi connectivity index (χ2v) is 6.48. The van der Waals surface area contributed by atoms with Crippen LogP contribution in [0.1, 0.15) is 22.8 Å². The molecule has 0 radical (unpaired) electrons. The van der Waals surface area contributed by atoms with Gasteiger partial charge in [0.15, 0.2) is 6.10 Å². The summed E-state index contributed by atoms with van der Waals surface area (Å²) in [5.74, 6) is -2.01. The summed E-state index contributed by atoms with van der Waals surface area (Å²) in [4.78, 5) is 26.4. The summed E-state index contributed by atoms with van der Waals surface area (Å²) in [7, 11) is 0. The quantitative estimate of drug-likeness (QED) is 0.589.